The second-order valence-corrected chi connectivity index (χ2v) is 8.54. The Bertz CT molecular complexity index is 355. The van der Waals surface area contributed by atoms with Crippen molar-refractivity contribution in [3.05, 3.63) is 0 Å². The minimum absolute atomic E-state index is 0.0398. The topological polar surface area (TPSA) is 38.3 Å². The van der Waals surface area contributed by atoms with Crippen molar-refractivity contribution in [1.29, 1.82) is 0 Å². The van der Waals surface area contributed by atoms with Crippen LogP contribution in [0.2, 0.25) is 0 Å². The van der Waals surface area contributed by atoms with Gasteiger partial charge in [0.25, 0.3) is 0 Å². The van der Waals surface area contributed by atoms with Crippen LogP contribution in [-0.2, 0) is 9.53 Å². The summed E-state index contributed by atoms with van der Waals surface area (Å²) in [6.07, 6.45) is 6.97. The number of methoxy groups -OCH3 is 1. The molecule has 0 bridgehead atoms. The quantitative estimate of drug-likeness (QED) is 0.730. The first kappa shape index (κ1) is 17.1. The van der Waals surface area contributed by atoms with Gasteiger partial charge >= 0.3 is 5.97 Å². The molecule has 2 fully saturated rings. The molecular weight excluding hydrogens is 282 g/mol. The molecule has 0 radical (unpaired) electrons. The van der Waals surface area contributed by atoms with E-state index < -0.39 is 0 Å². The third-order valence-electron chi connectivity index (χ3n) is 5.45. The standard InChI is InChI=1S/C17H31NO2S/c1-12(2)13-5-6-14(18-3)15(9-13)21-11-17(7-8-17)10-16(19)20-4/h12-15,18H,5-11H2,1-4H3. The van der Waals surface area contributed by atoms with Crippen LogP contribution in [0.3, 0.4) is 0 Å². The van der Waals surface area contributed by atoms with E-state index in [1.54, 1.807) is 0 Å². The third kappa shape index (κ3) is 4.62. The molecule has 2 rings (SSSR count). The Morgan fingerprint density at radius 3 is 2.62 bits per heavy atom. The highest BCUT2D eigenvalue weighted by molar-refractivity contribution is 8.00. The van der Waals surface area contributed by atoms with E-state index in [4.69, 9.17) is 4.74 Å². The van der Waals surface area contributed by atoms with Crippen LogP contribution in [0.4, 0.5) is 0 Å². The summed E-state index contributed by atoms with van der Waals surface area (Å²) in [6.45, 7) is 4.71. The molecule has 0 aliphatic heterocycles. The predicted octanol–water partition coefficient (Wildman–Crippen LogP) is 3.48. The van der Waals surface area contributed by atoms with Crippen molar-refractivity contribution in [3.8, 4) is 0 Å². The smallest absolute Gasteiger partial charge is 0.306 e. The van der Waals surface area contributed by atoms with Gasteiger partial charge in [-0.2, -0.15) is 11.8 Å². The van der Waals surface area contributed by atoms with Crippen LogP contribution in [0.1, 0.15) is 52.4 Å². The number of hydrogen-bond donors (Lipinski definition) is 1. The monoisotopic (exact) mass is 313 g/mol. The minimum atomic E-state index is -0.0398. The van der Waals surface area contributed by atoms with Gasteiger partial charge < -0.3 is 10.1 Å². The largest absolute Gasteiger partial charge is 0.469 e. The molecule has 0 amide bonds. The van der Waals surface area contributed by atoms with Crippen molar-refractivity contribution in [2.75, 3.05) is 19.9 Å². The molecule has 0 saturated heterocycles. The number of thioether (sulfide) groups is 1. The molecule has 0 spiro atoms. The highest BCUT2D eigenvalue weighted by Gasteiger charge is 2.45. The van der Waals surface area contributed by atoms with Crippen LogP contribution in [-0.4, -0.2) is 37.2 Å². The van der Waals surface area contributed by atoms with Gasteiger partial charge in [-0.15, -0.1) is 0 Å². The van der Waals surface area contributed by atoms with E-state index in [9.17, 15) is 4.79 Å². The molecule has 3 nitrogen and oxygen atoms in total. The van der Waals surface area contributed by atoms with E-state index >= 15 is 0 Å². The van der Waals surface area contributed by atoms with Crippen molar-refractivity contribution in [2.24, 2.45) is 17.3 Å². The van der Waals surface area contributed by atoms with Crippen LogP contribution in [0.15, 0.2) is 0 Å². The highest BCUT2D eigenvalue weighted by Crippen LogP contribution is 2.52. The summed E-state index contributed by atoms with van der Waals surface area (Å²) >= 11 is 2.10. The van der Waals surface area contributed by atoms with Gasteiger partial charge in [0.05, 0.1) is 13.5 Å². The molecule has 0 aromatic carbocycles. The lowest BCUT2D eigenvalue weighted by Gasteiger charge is -2.38. The Balaban J connectivity index is 1.86. The number of ether oxygens (including phenoxy) is 1. The fourth-order valence-corrected chi connectivity index (χ4v) is 5.34. The first-order chi connectivity index (χ1) is 9.99. The fraction of sp³-hybridized carbons (Fsp3) is 0.941. The van der Waals surface area contributed by atoms with Gasteiger partial charge in [0.1, 0.15) is 0 Å². The summed E-state index contributed by atoms with van der Waals surface area (Å²) in [5.41, 5.74) is 0.251. The maximum Gasteiger partial charge on any atom is 0.306 e. The van der Waals surface area contributed by atoms with E-state index in [2.05, 4.69) is 38.0 Å². The van der Waals surface area contributed by atoms with Crippen molar-refractivity contribution in [2.45, 2.75) is 63.7 Å². The summed E-state index contributed by atoms with van der Waals surface area (Å²) in [4.78, 5) is 11.5. The Morgan fingerprint density at radius 2 is 2.10 bits per heavy atom. The molecule has 2 aliphatic rings. The number of carbonyl (C=O) groups is 1. The van der Waals surface area contributed by atoms with Crippen molar-refractivity contribution in [1.82, 2.24) is 5.32 Å². The summed E-state index contributed by atoms with van der Waals surface area (Å²) in [6, 6.07) is 0.638. The van der Waals surface area contributed by atoms with Gasteiger partial charge in [-0.25, -0.2) is 0 Å². The van der Waals surface area contributed by atoms with Crippen molar-refractivity contribution < 1.29 is 9.53 Å². The molecule has 122 valence electrons. The maximum absolute atomic E-state index is 11.5. The molecule has 2 aliphatic carbocycles. The molecule has 21 heavy (non-hydrogen) atoms. The molecule has 4 heteroatoms. The second-order valence-electron chi connectivity index (χ2n) is 7.31. The predicted molar refractivity (Wildman–Crippen MR) is 89.6 cm³/mol. The van der Waals surface area contributed by atoms with Crippen LogP contribution >= 0.6 is 11.8 Å². The van der Waals surface area contributed by atoms with E-state index in [-0.39, 0.29) is 11.4 Å². The first-order valence-electron chi connectivity index (χ1n) is 8.35. The summed E-state index contributed by atoms with van der Waals surface area (Å²) in [5, 5.41) is 4.21. The second kappa shape index (κ2) is 7.36. The number of hydrogen-bond acceptors (Lipinski definition) is 4. The van der Waals surface area contributed by atoms with Crippen LogP contribution in [0.5, 0.6) is 0 Å². The van der Waals surface area contributed by atoms with Gasteiger partial charge in [0.15, 0.2) is 0 Å². The van der Waals surface area contributed by atoms with E-state index in [1.807, 2.05) is 0 Å². The number of nitrogens with one attached hydrogen (secondary N) is 1. The fourth-order valence-electron chi connectivity index (χ4n) is 3.49. The van der Waals surface area contributed by atoms with Gasteiger partial charge in [-0.05, 0) is 62.2 Å². The Kier molecular flexibility index (Phi) is 6.01. The lowest BCUT2D eigenvalue weighted by atomic mass is 9.79. The zero-order valence-electron chi connectivity index (χ0n) is 14.0. The lowest BCUT2D eigenvalue weighted by molar-refractivity contribution is -0.141. The Hall–Kier alpha value is -0.220. The molecule has 0 heterocycles. The van der Waals surface area contributed by atoms with Gasteiger partial charge in [0.2, 0.25) is 0 Å². The van der Waals surface area contributed by atoms with Gasteiger partial charge in [0, 0.05) is 11.3 Å². The van der Waals surface area contributed by atoms with Crippen molar-refractivity contribution >= 4 is 17.7 Å². The Morgan fingerprint density at radius 1 is 1.38 bits per heavy atom. The van der Waals surface area contributed by atoms with E-state index in [1.165, 1.54) is 39.2 Å². The Labute approximate surface area is 134 Å². The van der Waals surface area contributed by atoms with Gasteiger partial charge in [-0.3, -0.25) is 4.79 Å². The molecule has 2 saturated carbocycles. The average molecular weight is 314 g/mol. The lowest BCUT2D eigenvalue weighted by Crippen LogP contribution is -2.42. The molecule has 0 aromatic rings. The maximum atomic E-state index is 11.5. The zero-order chi connectivity index (χ0) is 15.5. The van der Waals surface area contributed by atoms with Crippen LogP contribution in [0.25, 0.3) is 0 Å². The number of esters is 1. The highest BCUT2D eigenvalue weighted by atomic mass is 32.2. The molecule has 3 unspecified atom stereocenters. The average Bonchev–Trinajstić information content (AvgIpc) is 3.24. The summed E-state index contributed by atoms with van der Waals surface area (Å²) < 4.78 is 4.85. The minimum Gasteiger partial charge on any atom is -0.469 e. The first-order valence-corrected chi connectivity index (χ1v) is 9.40. The molecule has 3 atom stereocenters. The third-order valence-corrected chi connectivity index (χ3v) is 7.18. The molecule has 0 aromatic heterocycles. The van der Waals surface area contributed by atoms with E-state index in [0.717, 1.165) is 17.6 Å². The number of rotatable bonds is 7. The van der Waals surface area contributed by atoms with Gasteiger partial charge in [-0.1, -0.05) is 13.8 Å². The molecule has 1 N–H and O–H groups in total. The van der Waals surface area contributed by atoms with Crippen molar-refractivity contribution in [3.63, 3.8) is 0 Å². The van der Waals surface area contributed by atoms with Crippen LogP contribution in [0, 0.1) is 17.3 Å². The normalized spacial score (nSPS) is 31.2. The summed E-state index contributed by atoms with van der Waals surface area (Å²) in [5.74, 6) is 2.73. The van der Waals surface area contributed by atoms with E-state index in [0.29, 0.717) is 17.7 Å². The summed E-state index contributed by atoms with van der Waals surface area (Å²) in [7, 11) is 3.59. The zero-order valence-corrected chi connectivity index (χ0v) is 14.8. The number of carbonyl (C=O) groups excluding carboxylic acids is 1. The van der Waals surface area contributed by atoms with Crippen LogP contribution < -0.4 is 5.32 Å². The SMILES string of the molecule is CNC1CCC(C(C)C)CC1SCC1(CC(=O)OC)CC1. The molecular formula is C17H31NO2S.